The summed E-state index contributed by atoms with van der Waals surface area (Å²) in [5.41, 5.74) is 1.01. The van der Waals surface area contributed by atoms with Crippen molar-refractivity contribution in [2.75, 3.05) is 6.61 Å². The summed E-state index contributed by atoms with van der Waals surface area (Å²) >= 11 is 5.89. The average Bonchev–Trinajstić information content (AvgIpc) is 2.16. The van der Waals surface area contributed by atoms with Gasteiger partial charge in [-0.1, -0.05) is 57.5 Å². The smallest absolute Gasteiger partial charge is 0.0497 e. The number of aliphatic hydroxyl groups is 1. The average molecular weight is 229 g/mol. The summed E-state index contributed by atoms with van der Waals surface area (Å²) in [6.45, 7) is 8.59. The van der Waals surface area contributed by atoms with E-state index in [4.69, 9.17) is 16.7 Å². The van der Waals surface area contributed by atoms with Crippen LogP contribution in [-0.4, -0.2) is 11.7 Å². The number of benzene rings is 1. The Morgan fingerprint density at radius 2 is 1.60 bits per heavy atom. The Balaban J connectivity index is 0.000000423. The lowest BCUT2D eigenvalue weighted by Gasteiger charge is -2.08. The van der Waals surface area contributed by atoms with Crippen molar-refractivity contribution in [3.8, 4) is 0 Å². The van der Waals surface area contributed by atoms with E-state index in [0.29, 0.717) is 0 Å². The fraction of sp³-hybridized carbons (Fsp3) is 0.538. The van der Waals surface area contributed by atoms with Crippen LogP contribution in [0.15, 0.2) is 24.3 Å². The molecule has 1 N–H and O–H groups in total. The van der Waals surface area contributed by atoms with E-state index in [0.717, 1.165) is 16.5 Å². The molecule has 1 rings (SSSR count). The normalized spacial score (nSPS) is 11.9. The van der Waals surface area contributed by atoms with Gasteiger partial charge in [-0.05, 0) is 17.5 Å². The third-order valence-corrected chi connectivity index (χ3v) is 2.05. The van der Waals surface area contributed by atoms with Gasteiger partial charge >= 0.3 is 0 Å². The lowest BCUT2D eigenvalue weighted by atomic mass is 10.0. The second-order valence-electron chi connectivity index (χ2n) is 4.34. The summed E-state index contributed by atoms with van der Waals surface area (Å²) in [6, 6.07) is 7.58. The third kappa shape index (κ3) is 6.53. The van der Waals surface area contributed by atoms with E-state index in [-0.39, 0.29) is 12.5 Å². The molecular weight excluding hydrogens is 208 g/mol. The second-order valence-corrected chi connectivity index (χ2v) is 4.74. The maximum atomic E-state index is 8.85. The lowest BCUT2D eigenvalue weighted by molar-refractivity contribution is 0.273. The highest BCUT2D eigenvalue weighted by Crippen LogP contribution is 2.22. The van der Waals surface area contributed by atoms with Crippen LogP contribution in [0.1, 0.15) is 39.2 Å². The van der Waals surface area contributed by atoms with Crippen LogP contribution < -0.4 is 0 Å². The van der Waals surface area contributed by atoms with E-state index >= 15 is 0 Å². The third-order valence-electron chi connectivity index (χ3n) is 1.71. The van der Waals surface area contributed by atoms with Crippen LogP contribution in [-0.2, 0) is 0 Å². The standard InChI is InChI=1S/C9H11ClO.C4H10/c1-7(6-11)8-4-2-3-5-9(8)10;1-4(2)3/h2-5,7,11H,6H2,1H3;4H,1-3H3. The summed E-state index contributed by atoms with van der Waals surface area (Å²) in [4.78, 5) is 0. The number of hydrogen-bond donors (Lipinski definition) is 1. The van der Waals surface area contributed by atoms with Gasteiger partial charge in [0.25, 0.3) is 0 Å². The van der Waals surface area contributed by atoms with Crippen LogP contribution in [0, 0.1) is 5.92 Å². The van der Waals surface area contributed by atoms with Crippen molar-refractivity contribution in [2.24, 2.45) is 5.92 Å². The largest absolute Gasteiger partial charge is 0.396 e. The minimum absolute atomic E-state index is 0.128. The Morgan fingerprint density at radius 3 is 2.00 bits per heavy atom. The first-order valence-corrected chi connectivity index (χ1v) is 5.72. The molecule has 0 saturated heterocycles. The van der Waals surface area contributed by atoms with E-state index in [1.807, 2.05) is 31.2 Å². The lowest BCUT2D eigenvalue weighted by Crippen LogP contribution is -1.98. The number of halogens is 1. The Labute approximate surface area is 98.1 Å². The molecule has 0 aliphatic rings. The van der Waals surface area contributed by atoms with Gasteiger partial charge in [0, 0.05) is 17.5 Å². The predicted octanol–water partition coefficient (Wildman–Crippen LogP) is 4.10. The van der Waals surface area contributed by atoms with E-state index in [1.165, 1.54) is 0 Å². The number of rotatable bonds is 2. The quantitative estimate of drug-likeness (QED) is 0.808. The van der Waals surface area contributed by atoms with Gasteiger partial charge in [0.05, 0.1) is 0 Å². The van der Waals surface area contributed by atoms with Crippen molar-refractivity contribution in [3.05, 3.63) is 34.9 Å². The van der Waals surface area contributed by atoms with Crippen molar-refractivity contribution in [2.45, 2.75) is 33.6 Å². The second kappa shape index (κ2) is 7.72. The molecule has 86 valence electrons. The molecule has 1 unspecified atom stereocenters. The van der Waals surface area contributed by atoms with Gasteiger partial charge in [-0.25, -0.2) is 0 Å². The minimum atomic E-state index is 0.128. The van der Waals surface area contributed by atoms with Gasteiger partial charge in [-0.15, -0.1) is 0 Å². The molecule has 0 radical (unpaired) electrons. The molecule has 0 aromatic heterocycles. The maximum Gasteiger partial charge on any atom is 0.0497 e. The highest BCUT2D eigenvalue weighted by molar-refractivity contribution is 6.31. The van der Waals surface area contributed by atoms with E-state index < -0.39 is 0 Å². The van der Waals surface area contributed by atoms with Gasteiger partial charge in [0.2, 0.25) is 0 Å². The zero-order valence-electron chi connectivity index (χ0n) is 10.00. The molecule has 1 atom stereocenters. The fourth-order valence-corrected chi connectivity index (χ4v) is 1.30. The molecule has 0 amide bonds. The maximum absolute atomic E-state index is 8.85. The van der Waals surface area contributed by atoms with Crippen LogP contribution in [0.2, 0.25) is 5.02 Å². The van der Waals surface area contributed by atoms with E-state index in [2.05, 4.69) is 20.8 Å². The molecule has 0 bridgehead atoms. The van der Waals surface area contributed by atoms with E-state index in [1.54, 1.807) is 0 Å². The van der Waals surface area contributed by atoms with Crippen LogP contribution in [0.4, 0.5) is 0 Å². The van der Waals surface area contributed by atoms with Crippen molar-refractivity contribution in [1.29, 1.82) is 0 Å². The zero-order chi connectivity index (χ0) is 11.8. The van der Waals surface area contributed by atoms with Crippen molar-refractivity contribution >= 4 is 11.6 Å². The molecule has 0 heterocycles. The fourth-order valence-electron chi connectivity index (χ4n) is 0.973. The summed E-state index contributed by atoms with van der Waals surface area (Å²) < 4.78 is 0. The van der Waals surface area contributed by atoms with Gasteiger partial charge in [0.1, 0.15) is 0 Å². The molecule has 0 spiro atoms. The Morgan fingerprint density at radius 1 is 1.13 bits per heavy atom. The van der Waals surface area contributed by atoms with E-state index in [9.17, 15) is 0 Å². The Bertz CT molecular complexity index is 268. The van der Waals surface area contributed by atoms with Crippen LogP contribution in [0.25, 0.3) is 0 Å². The van der Waals surface area contributed by atoms with Gasteiger partial charge in [-0.2, -0.15) is 0 Å². The molecule has 1 aromatic rings. The zero-order valence-corrected chi connectivity index (χ0v) is 10.8. The number of aliphatic hydroxyl groups excluding tert-OH is 1. The molecule has 1 nitrogen and oxygen atoms in total. The SMILES string of the molecule is CC(C)C.CC(CO)c1ccccc1Cl. The molecule has 2 heteroatoms. The van der Waals surface area contributed by atoms with Crippen LogP contribution in [0.5, 0.6) is 0 Å². The Kier molecular flexibility index (Phi) is 7.45. The summed E-state index contributed by atoms with van der Waals surface area (Å²) in [6.07, 6.45) is 0. The van der Waals surface area contributed by atoms with Gasteiger partial charge < -0.3 is 5.11 Å². The molecule has 0 saturated carbocycles. The monoisotopic (exact) mass is 228 g/mol. The minimum Gasteiger partial charge on any atom is -0.396 e. The molecule has 0 aliphatic heterocycles. The molecule has 0 fully saturated rings. The highest BCUT2D eigenvalue weighted by Gasteiger charge is 2.06. The van der Waals surface area contributed by atoms with Crippen LogP contribution >= 0.6 is 11.6 Å². The summed E-state index contributed by atoms with van der Waals surface area (Å²) in [5, 5.41) is 9.58. The first-order valence-electron chi connectivity index (χ1n) is 5.34. The van der Waals surface area contributed by atoms with Gasteiger partial charge in [-0.3, -0.25) is 0 Å². The van der Waals surface area contributed by atoms with Crippen molar-refractivity contribution < 1.29 is 5.11 Å². The first-order chi connectivity index (χ1) is 6.99. The van der Waals surface area contributed by atoms with Crippen molar-refractivity contribution in [3.63, 3.8) is 0 Å². The number of hydrogen-bond acceptors (Lipinski definition) is 1. The predicted molar refractivity (Wildman–Crippen MR) is 67.5 cm³/mol. The topological polar surface area (TPSA) is 20.2 Å². The van der Waals surface area contributed by atoms with Crippen molar-refractivity contribution in [1.82, 2.24) is 0 Å². The highest BCUT2D eigenvalue weighted by atomic mass is 35.5. The summed E-state index contributed by atoms with van der Waals surface area (Å²) in [5.74, 6) is 0.962. The summed E-state index contributed by atoms with van der Waals surface area (Å²) in [7, 11) is 0. The van der Waals surface area contributed by atoms with Gasteiger partial charge in [0.15, 0.2) is 0 Å². The van der Waals surface area contributed by atoms with Crippen LogP contribution in [0.3, 0.4) is 0 Å². The Hall–Kier alpha value is -0.530. The molecule has 15 heavy (non-hydrogen) atoms. The first kappa shape index (κ1) is 14.5. The molecule has 1 aromatic carbocycles. The molecular formula is C13H21ClO. The molecule has 0 aliphatic carbocycles.